The molecular weight excluding hydrogens is 390 g/mol. The first-order chi connectivity index (χ1) is 14.3. The minimum absolute atomic E-state index is 0.0977. The second-order valence-electron chi connectivity index (χ2n) is 7.93. The highest BCUT2D eigenvalue weighted by Gasteiger charge is 2.56. The Bertz CT molecular complexity index is 994. The molecule has 1 aromatic carbocycles. The number of rotatable bonds is 7. The van der Waals surface area contributed by atoms with Crippen LogP contribution >= 0.6 is 0 Å². The van der Waals surface area contributed by atoms with Gasteiger partial charge in [-0.2, -0.15) is 0 Å². The third-order valence-corrected chi connectivity index (χ3v) is 5.60. The van der Waals surface area contributed by atoms with E-state index < -0.39 is 48.5 Å². The first-order valence-electron chi connectivity index (χ1n) is 9.85. The Morgan fingerprint density at radius 1 is 1.33 bits per heavy atom. The fourth-order valence-electron chi connectivity index (χ4n) is 3.69. The highest BCUT2D eigenvalue weighted by atomic mass is 16.5. The standard InChI is InChI=1S/C21H23N3O6/c1-12(16-9-13-5-3-4-6-15(13)30-16)22-17(25)11-29-18(26)10-24-19(27)21(2,14-7-8-14)23-20(24)28/h3-6,9,12,14H,7-8,10-11H2,1-2H3,(H,22,25)(H,23,28)/t12-,21+/m0/s1. The summed E-state index contributed by atoms with van der Waals surface area (Å²) in [6, 6.07) is 8.28. The molecule has 9 heteroatoms. The van der Waals surface area contributed by atoms with Crippen molar-refractivity contribution in [2.24, 2.45) is 5.92 Å². The monoisotopic (exact) mass is 413 g/mol. The Morgan fingerprint density at radius 2 is 2.07 bits per heavy atom. The summed E-state index contributed by atoms with van der Waals surface area (Å²) < 4.78 is 10.6. The van der Waals surface area contributed by atoms with Crippen molar-refractivity contribution in [1.29, 1.82) is 0 Å². The van der Waals surface area contributed by atoms with Crippen LogP contribution in [-0.2, 0) is 19.1 Å². The van der Waals surface area contributed by atoms with Gasteiger partial charge in [0.05, 0.1) is 6.04 Å². The number of nitrogens with zero attached hydrogens (tertiary/aromatic N) is 1. The predicted molar refractivity (Wildman–Crippen MR) is 105 cm³/mol. The number of amides is 4. The number of carbonyl (C=O) groups excluding carboxylic acids is 4. The van der Waals surface area contributed by atoms with Crippen molar-refractivity contribution in [3.8, 4) is 0 Å². The van der Waals surface area contributed by atoms with Gasteiger partial charge in [0.25, 0.3) is 11.8 Å². The maximum atomic E-state index is 12.5. The molecule has 0 radical (unpaired) electrons. The van der Waals surface area contributed by atoms with Crippen molar-refractivity contribution >= 4 is 34.8 Å². The van der Waals surface area contributed by atoms with Crippen LogP contribution in [0.2, 0.25) is 0 Å². The van der Waals surface area contributed by atoms with Crippen LogP contribution < -0.4 is 10.6 Å². The molecule has 2 fully saturated rings. The van der Waals surface area contributed by atoms with Gasteiger partial charge >= 0.3 is 12.0 Å². The van der Waals surface area contributed by atoms with E-state index in [0.29, 0.717) is 11.3 Å². The molecule has 1 aromatic heterocycles. The first-order valence-corrected chi connectivity index (χ1v) is 9.85. The van der Waals surface area contributed by atoms with Crippen LogP contribution in [-0.4, -0.2) is 47.4 Å². The van der Waals surface area contributed by atoms with Gasteiger partial charge in [-0.1, -0.05) is 18.2 Å². The molecule has 2 aliphatic rings. The van der Waals surface area contributed by atoms with Crippen LogP contribution in [0, 0.1) is 5.92 Å². The smallest absolute Gasteiger partial charge is 0.326 e. The van der Waals surface area contributed by atoms with Gasteiger partial charge in [0.15, 0.2) is 6.61 Å². The second-order valence-corrected chi connectivity index (χ2v) is 7.93. The summed E-state index contributed by atoms with van der Waals surface area (Å²) in [5.74, 6) is -1.11. The van der Waals surface area contributed by atoms with Gasteiger partial charge in [-0.25, -0.2) is 4.79 Å². The first kappa shape index (κ1) is 19.9. The number of ether oxygens (including phenoxy) is 1. The average molecular weight is 413 g/mol. The average Bonchev–Trinajstić information content (AvgIpc) is 3.44. The Hall–Kier alpha value is -3.36. The molecular formula is C21H23N3O6. The van der Waals surface area contributed by atoms with E-state index in [2.05, 4.69) is 10.6 Å². The summed E-state index contributed by atoms with van der Waals surface area (Å²) in [5, 5.41) is 6.27. The van der Waals surface area contributed by atoms with Crippen molar-refractivity contribution in [3.63, 3.8) is 0 Å². The molecule has 1 saturated heterocycles. The number of hydrogen-bond donors (Lipinski definition) is 2. The topological polar surface area (TPSA) is 118 Å². The molecule has 2 N–H and O–H groups in total. The van der Waals surface area contributed by atoms with Gasteiger partial charge in [0, 0.05) is 5.39 Å². The summed E-state index contributed by atoms with van der Waals surface area (Å²) in [5.41, 5.74) is -0.247. The van der Waals surface area contributed by atoms with E-state index in [1.807, 2.05) is 30.3 Å². The van der Waals surface area contributed by atoms with Crippen molar-refractivity contribution in [3.05, 3.63) is 36.1 Å². The molecule has 30 heavy (non-hydrogen) atoms. The molecule has 9 nitrogen and oxygen atoms in total. The fraction of sp³-hybridized carbons (Fsp3) is 0.429. The third-order valence-electron chi connectivity index (χ3n) is 5.60. The molecule has 0 unspecified atom stereocenters. The summed E-state index contributed by atoms with van der Waals surface area (Å²) in [6.07, 6.45) is 1.73. The van der Waals surface area contributed by atoms with Crippen molar-refractivity contribution in [1.82, 2.24) is 15.5 Å². The van der Waals surface area contributed by atoms with Crippen LogP contribution in [0.4, 0.5) is 4.79 Å². The summed E-state index contributed by atoms with van der Waals surface area (Å²) in [6.45, 7) is 2.37. The minimum atomic E-state index is -0.962. The lowest BCUT2D eigenvalue weighted by atomic mass is 9.96. The highest BCUT2D eigenvalue weighted by Crippen LogP contribution is 2.42. The Balaban J connectivity index is 1.27. The largest absolute Gasteiger partial charge is 0.459 e. The molecule has 158 valence electrons. The van der Waals surface area contributed by atoms with E-state index in [1.165, 1.54) is 0 Å². The number of fused-ring (bicyclic) bond motifs is 1. The number of esters is 1. The maximum absolute atomic E-state index is 12.5. The number of nitrogens with one attached hydrogen (secondary N) is 2. The zero-order chi connectivity index (χ0) is 21.5. The molecule has 1 saturated carbocycles. The fourth-order valence-corrected chi connectivity index (χ4v) is 3.69. The Morgan fingerprint density at radius 3 is 2.77 bits per heavy atom. The maximum Gasteiger partial charge on any atom is 0.326 e. The lowest BCUT2D eigenvalue weighted by Crippen LogP contribution is -2.46. The molecule has 1 aliphatic carbocycles. The summed E-state index contributed by atoms with van der Waals surface area (Å²) >= 11 is 0. The molecule has 0 spiro atoms. The quantitative estimate of drug-likeness (QED) is 0.529. The second kappa shape index (κ2) is 7.47. The highest BCUT2D eigenvalue weighted by molar-refractivity contribution is 6.08. The molecule has 2 heterocycles. The zero-order valence-electron chi connectivity index (χ0n) is 16.8. The van der Waals surface area contributed by atoms with E-state index in [9.17, 15) is 19.2 Å². The summed E-state index contributed by atoms with van der Waals surface area (Å²) in [7, 11) is 0. The number of benzene rings is 1. The lowest BCUT2D eigenvalue weighted by molar-refractivity contribution is -0.151. The minimum Gasteiger partial charge on any atom is -0.459 e. The van der Waals surface area contributed by atoms with Gasteiger partial charge in [0.1, 0.15) is 23.4 Å². The number of carbonyl (C=O) groups is 4. The van der Waals surface area contributed by atoms with E-state index in [-0.39, 0.29) is 5.92 Å². The molecule has 4 amide bonds. The van der Waals surface area contributed by atoms with Crippen LogP contribution in [0.15, 0.2) is 34.7 Å². The van der Waals surface area contributed by atoms with Crippen molar-refractivity contribution in [2.45, 2.75) is 38.3 Å². The van der Waals surface area contributed by atoms with Gasteiger partial charge < -0.3 is 19.8 Å². The number of furan rings is 1. The SMILES string of the molecule is C[C@H](NC(=O)COC(=O)CN1C(=O)N[C@](C)(C2CC2)C1=O)c1cc2ccccc2o1. The van der Waals surface area contributed by atoms with Gasteiger partial charge in [-0.05, 0) is 44.7 Å². The van der Waals surface area contributed by atoms with E-state index >= 15 is 0 Å². The van der Waals surface area contributed by atoms with Crippen LogP contribution in [0.25, 0.3) is 11.0 Å². The van der Waals surface area contributed by atoms with Crippen molar-refractivity contribution < 1.29 is 28.3 Å². The van der Waals surface area contributed by atoms with E-state index in [1.54, 1.807) is 13.8 Å². The molecule has 2 aromatic rings. The number of imide groups is 1. The third kappa shape index (κ3) is 3.74. The number of hydrogen-bond acceptors (Lipinski definition) is 6. The van der Waals surface area contributed by atoms with E-state index in [0.717, 1.165) is 23.1 Å². The number of urea groups is 1. The number of para-hydroxylation sites is 1. The van der Waals surface area contributed by atoms with Gasteiger partial charge in [0.2, 0.25) is 0 Å². The van der Waals surface area contributed by atoms with E-state index in [4.69, 9.17) is 9.15 Å². The van der Waals surface area contributed by atoms with Gasteiger partial charge in [-0.15, -0.1) is 0 Å². The Kier molecular flexibility index (Phi) is 4.97. The molecule has 1 aliphatic heterocycles. The van der Waals surface area contributed by atoms with Crippen LogP contribution in [0.1, 0.15) is 38.5 Å². The van der Waals surface area contributed by atoms with Gasteiger partial charge in [-0.3, -0.25) is 19.3 Å². The predicted octanol–water partition coefficient (Wildman–Crippen LogP) is 1.87. The van der Waals surface area contributed by atoms with Crippen LogP contribution in [0.3, 0.4) is 0 Å². The Labute approximate surface area is 172 Å². The zero-order valence-corrected chi connectivity index (χ0v) is 16.8. The molecule has 0 bridgehead atoms. The normalized spacial score (nSPS) is 22.1. The van der Waals surface area contributed by atoms with Crippen LogP contribution in [0.5, 0.6) is 0 Å². The molecule has 4 rings (SSSR count). The summed E-state index contributed by atoms with van der Waals surface area (Å²) in [4.78, 5) is 49.6. The lowest BCUT2D eigenvalue weighted by Gasteiger charge is -2.20. The molecule has 2 atom stereocenters. The van der Waals surface area contributed by atoms with Crippen molar-refractivity contribution in [2.75, 3.05) is 13.2 Å².